The van der Waals surface area contributed by atoms with E-state index in [-0.39, 0.29) is 11.4 Å². The summed E-state index contributed by atoms with van der Waals surface area (Å²) in [5.41, 5.74) is 3.78. The predicted octanol–water partition coefficient (Wildman–Crippen LogP) is 3.80. The molecule has 0 bridgehead atoms. The summed E-state index contributed by atoms with van der Waals surface area (Å²) in [6.45, 7) is 12.4. The summed E-state index contributed by atoms with van der Waals surface area (Å²) >= 11 is 0. The van der Waals surface area contributed by atoms with Crippen LogP contribution in [0.5, 0.6) is 0 Å². The van der Waals surface area contributed by atoms with Crippen molar-refractivity contribution in [3.8, 4) is 0 Å². The third-order valence-corrected chi connectivity index (χ3v) is 2.71. The molecule has 0 heterocycles. The Labute approximate surface area is 103 Å². The topological polar surface area (TPSA) is 26.3 Å². The van der Waals surface area contributed by atoms with Gasteiger partial charge in [-0.05, 0) is 35.6 Å². The van der Waals surface area contributed by atoms with Gasteiger partial charge in [0, 0.05) is 0 Å². The van der Waals surface area contributed by atoms with E-state index in [2.05, 4.69) is 27.4 Å². The standard InChI is InChI=1S/C15H20O2/c1-10(2)12-9-11(14(16)17-6)7-8-13(12)15(3,4)5/h7-9H,1H2,2-6H3. The normalized spacial score (nSPS) is 11.1. The molecule has 0 fully saturated rings. The number of carbonyl (C=O) groups is 1. The lowest BCUT2D eigenvalue weighted by Gasteiger charge is -2.23. The van der Waals surface area contributed by atoms with Crippen LogP contribution in [-0.4, -0.2) is 13.1 Å². The monoisotopic (exact) mass is 232 g/mol. The Morgan fingerprint density at radius 1 is 1.29 bits per heavy atom. The molecule has 17 heavy (non-hydrogen) atoms. The van der Waals surface area contributed by atoms with Crippen molar-refractivity contribution in [3.05, 3.63) is 41.5 Å². The van der Waals surface area contributed by atoms with Crippen LogP contribution in [0.2, 0.25) is 0 Å². The average molecular weight is 232 g/mol. The molecular formula is C15H20O2. The second kappa shape index (κ2) is 4.74. The molecule has 0 aliphatic rings. The van der Waals surface area contributed by atoms with Gasteiger partial charge in [-0.3, -0.25) is 0 Å². The number of carbonyl (C=O) groups excluding carboxylic acids is 1. The lowest BCUT2D eigenvalue weighted by molar-refractivity contribution is 0.0600. The lowest BCUT2D eigenvalue weighted by atomic mass is 9.81. The summed E-state index contributed by atoms with van der Waals surface area (Å²) in [5.74, 6) is -0.312. The first-order chi connectivity index (χ1) is 7.77. The number of hydrogen-bond acceptors (Lipinski definition) is 2. The van der Waals surface area contributed by atoms with Crippen molar-refractivity contribution in [1.82, 2.24) is 0 Å². The van der Waals surface area contributed by atoms with Crippen LogP contribution in [0, 0.1) is 0 Å². The Balaban J connectivity index is 3.37. The minimum Gasteiger partial charge on any atom is -0.465 e. The SMILES string of the molecule is C=C(C)c1cc(C(=O)OC)ccc1C(C)(C)C. The molecule has 92 valence electrons. The number of hydrogen-bond donors (Lipinski definition) is 0. The van der Waals surface area contributed by atoms with Gasteiger partial charge in [-0.1, -0.05) is 39.0 Å². The first-order valence-electron chi connectivity index (χ1n) is 5.66. The number of allylic oxidation sites excluding steroid dienone is 1. The number of rotatable bonds is 2. The van der Waals surface area contributed by atoms with Crippen molar-refractivity contribution in [2.24, 2.45) is 0 Å². The van der Waals surface area contributed by atoms with Gasteiger partial charge in [0.25, 0.3) is 0 Å². The van der Waals surface area contributed by atoms with Crippen molar-refractivity contribution >= 4 is 11.5 Å². The van der Waals surface area contributed by atoms with Crippen LogP contribution in [-0.2, 0) is 10.2 Å². The number of methoxy groups -OCH3 is 1. The molecule has 1 rings (SSSR count). The van der Waals surface area contributed by atoms with E-state index in [9.17, 15) is 4.79 Å². The quantitative estimate of drug-likeness (QED) is 0.725. The highest BCUT2D eigenvalue weighted by Crippen LogP contribution is 2.30. The summed E-state index contributed by atoms with van der Waals surface area (Å²) in [6, 6.07) is 5.64. The summed E-state index contributed by atoms with van der Waals surface area (Å²) in [6.07, 6.45) is 0. The molecule has 2 heteroatoms. The third-order valence-electron chi connectivity index (χ3n) is 2.71. The summed E-state index contributed by atoms with van der Waals surface area (Å²) in [5, 5.41) is 0. The van der Waals surface area contributed by atoms with E-state index in [1.807, 2.05) is 19.1 Å². The van der Waals surface area contributed by atoms with E-state index in [0.29, 0.717) is 5.56 Å². The van der Waals surface area contributed by atoms with Gasteiger partial charge in [-0.2, -0.15) is 0 Å². The number of benzene rings is 1. The Hall–Kier alpha value is -1.57. The molecule has 0 amide bonds. The molecule has 0 aliphatic carbocycles. The fourth-order valence-corrected chi connectivity index (χ4v) is 1.80. The highest BCUT2D eigenvalue weighted by Gasteiger charge is 2.19. The fourth-order valence-electron chi connectivity index (χ4n) is 1.80. The predicted molar refractivity (Wildman–Crippen MR) is 71.2 cm³/mol. The largest absolute Gasteiger partial charge is 0.465 e. The van der Waals surface area contributed by atoms with Gasteiger partial charge in [0.05, 0.1) is 12.7 Å². The van der Waals surface area contributed by atoms with E-state index < -0.39 is 0 Å². The molecule has 0 aromatic heterocycles. The third kappa shape index (κ3) is 2.96. The van der Waals surface area contributed by atoms with E-state index >= 15 is 0 Å². The van der Waals surface area contributed by atoms with E-state index in [1.54, 1.807) is 6.07 Å². The van der Waals surface area contributed by atoms with E-state index in [1.165, 1.54) is 12.7 Å². The fraction of sp³-hybridized carbons (Fsp3) is 0.400. The Kier molecular flexibility index (Phi) is 3.76. The molecule has 0 spiro atoms. The van der Waals surface area contributed by atoms with Crippen LogP contribution in [0.15, 0.2) is 24.8 Å². The molecule has 0 radical (unpaired) electrons. The van der Waals surface area contributed by atoms with Crippen molar-refractivity contribution in [2.45, 2.75) is 33.1 Å². The molecule has 2 nitrogen and oxygen atoms in total. The highest BCUT2D eigenvalue weighted by atomic mass is 16.5. The summed E-state index contributed by atoms with van der Waals surface area (Å²) in [7, 11) is 1.39. The van der Waals surface area contributed by atoms with Crippen LogP contribution in [0.3, 0.4) is 0 Å². The second-order valence-electron chi connectivity index (χ2n) is 5.28. The molecule has 1 aromatic rings. The Morgan fingerprint density at radius 3 is 2.29 bits per heavy atom. The summed E-state index contributed by atoms with van der Waals surface area (Å²) < 4.78 is 4.73. The van der Waals surface area contributed by atoms with Gasteiger partial charge in [-0.15, -0.1) is 0 Å². The van der Waals surface area contributed by atoms with Gasteiger partial charge in [-0.25, -0.2) is 4.79 Å². The van der Waals surface area contributed by atoms with Crippen LogP contribution >= 0.6 is 0 Å². The lowest BCUT2D eigenvalue weighted by Crippen LogP contribution is -2.14. The molecule has 0 unspecified atom stereocenters. The molecule has 1 aromatic carbocycles. The van der Waals surface area contributed by atoms with Crippen molar-refractivity contribution in [1.29, 1.82) is 0 Å². The van der Waals surface area contributed by atoms with Crippen molar-refractivity contribution in [2.75, 3.05) is 7.11 Å². The first kappa shape index (κ1) is 13.5. The molecule has 0 saturated carbocycles. The van der Waals surface area contributed by atoms with Crippen LogP contribution in [0.1, 0.15) is 49.2 Å². The zero-order valence-electron chi connectivity index (χ0n) is 11.3. The molecule has 0 atom stereocenters. The summed E-state index contributed by atoms with van der Waals surface area (Å²) in [4.78, 5) is 11.5. The van der Waals surface area contributed by atoms with Crippen LogP contribution < -0.4 is 0 Å². The molecule has 0 N–H and O–H groups in total. The van der Waals surface area contributed by atoms with Gasteiger partial charge in [0.2, 0.25) is 0 Å². The molecule has 0 aliphatic heterocycles. The zero-order valence-corrected chi connectivity index (χ0v) is 11.3. The van der Waals surface area contributed by atoms with Gasteiger partial charge in [0.1, 0.15) is 0 Å². The van der Waals surface area contributed by atoms with E-state index in [4.69, 9.17) is 4.74 Å². The minimum atomic E-state index is -0.312. The van der Waals surface area contributed by atoms with Crippen molar-refractivity contribution in [3.63, 3.8) is 0 Å². The maximum absolute atomic E-state index is 11.5. The molecule has 0 saturated heterocycles. The zero-order chi connectivity index (χ0) is 13.2. The second-order valence-corrected chi connectivity index (χ2v) is 5.28. The van der Waals surface area contributed by atoms with Crippen molar-refractivity contribution < 1.29 is 9.53 Å². The van der Waals surface area contributed by atoms with Gasteiger partial charge < -0.3 is 4.74 Å². The minimum absolute atomic E-state index is 0.0307. The van der Waals surface area contributed by atoms with Crippen LogP contribution in [0.25, 0.3) is 5.57 Å². The number of esters is 1. The van der Waals surface area contributed by atoms with Gasteiger partial charge >= 0.3 is 5.97 Å². The molecular weight excluding hydrogens is 212 g/mol. The Morgan fingerprint density at radius 2 is 1.88 bits per heavy atom. The average Bonchev–Trinajstić information content (AvgIpc) is 2.25. The maximum atomic E-state index is 11.5. The van der Waals surface area contributed by atoms with Gasteiger partial charge in [0.15, 0.2) is 0 Å². The smallest absolute Gasteiger partial charge is 0.337 e. The first-order valence-corrected chi connectivity index (χ1v) is 5.66. The maximum Gasteiger partial charge on any atom is 0.337 e. The van der Waals surface area contributed by atoms with E-state index in [0.717, 1.165) is 11.1 Å². The number of ether oxygens (including phenoxy) is 1. The Bertz CT molecular complexity index is 450. The van der Waals surface area contributed by atoms with Crippen LogP contribution in [0.4, 0.5) is 0 Å². The highest BCUT2D eigenvalue weighted by molar-refractivity contribution is 5.90.